The summed E-state index contributed by atoms with van der Waals surface area (Å²) in [6, 6.07) is 17.1. The highest BCUT2D eigenvalue weighted by Crippen LogP contribution is 2.28. The van der Waals surface area contributed by atoms with E-state index in [1.54, 1.807) is 7.11 Å². The molecule has 0 saturated carbocycles. The van der Waals surface area contributed by atoms with Gasteiger partial charge in [-0.25, -0.2) is 0 Å². The summed E-state index contributed by atoms with van der Waals surface area (Å²) in [7, 11) is 1.56. The molecular weight excluding hydrogens is 322 g/mol. The largest absolute Gasteiger partial charge is 0.496 e. The van der Waals surface area contributed by atoms with E-state index in [0.29, 0.717) is 22.5 Å². The highest BCUT2D eigenvalue weighted by Gasteiger charge is 2.15. The molecule has 3 aromatic carbocycles. The van der Waals surface area contributed by atoms with Gasteiger partial charge in [-0.1, -0.05) is 30.3 Å². The average molecular weight is 335 g/mol. The summed E-state index contributed by atoms with van der Waals surface area (Å²) in [5.74, 6) is 0.299. The van der Waals surface area contributed by atoms with E-state index in [1.165, 1.54) is 0 Å². The van der Waals surface area contributed by atoms with E-state index in [9.17, 15) is 4.79 Å². The molecule has 0 atom stereocenters. The summed E-state index contributed by atoms with van der Waals surface area (Å²) >= 11 is 1.12. The fraction of sp³-hybridized carbons (Fsp3) is 0.0556. The highest BCUT2D eigenvalue weighted by atomic mass is 32.1. The number of carbonyl (C=O) groups excluding carboxylic acids is 1. The molecule has 0 unspecified atom stereocenters. The molecule has 4 aromatic rings. The first kappa shape index (κ1) is 14.6. The number of fused-ring (bicyclic) bond motifs is 2. The van der Waals surface area contributed by atoms with E-state index in [2.05, 4.69) is 14.1 Å². The first-order chi connectivity index (χ1) is 11.8. The van der Waals surface area contributed by atoms with Crippen molar-refractivity contribution in [2.24, 2.45) is 0 Å². The van der Waals surface area contributed by atoms with Crippen LogP contribution in [0.2, 0.25) is 0 Å². The van der Waals surface area contributed by atoms with E-state index >= 15 is 0 Å². The summed E-state index contributed by atoms with van der Waals surface area (Å²) in [4.78, 5) is 12.8. The van der Waals surface area contributed by atoms with Gasteiger partial charge in [0.2, 0.25) is 0 Å². The van der Waals surface area contributed by atoms with Gasteiger partial charge in [0.25, 0.3) is 5.91 Å². The fourth-order valence-electron chi connectivity index (χ4n) is 2.66. The van der Waals surface area contributed by atoms with Gasteiger partial charge in [0.05, 0.1) is 30.1 Å². The van der Waals surface area contributed by atoms with Gasteiger partial charge in [0.1, 0.15) is 16.8 Å². The lowest BCUT2D eigenvalue weighted by molar-refractivity contribution is 0.102. The molecule has 0 saturated heterocycles. The topological polar surface area (TPSA) is 64.1 Å². The minimum Gasteiger partial charge on any atom is -0.496 e. The second-order valence-electron chi connectivity index (χ2n) is 5.29. The molecule has 0 aliphatic rings. The molecular formula is C18H13N3O2S. The van der Waals surface area contributed by atoms with Crippen LogP contribution in [-0.4, -0.2) is 21.8 Å². The van der Waals surface area contributed by atoms with Crippen molar-refractivity contribution in [3.63, 3.8) is 0 Å². The molecule has 0 radical (unpaired) electrons. The van der Waals surface area contributed by atoms with Gasteiger partial charge >= 0.3 is 0 Å². The molecule has 0 spiro atoms. The van der Waals surface area contributed by atoms with Crippen LogP contribution in [0.25, 0.3) is 21.8 Å². The number of amides is 1. The van der Waals surface area contributed by atoms with Crippen molar-refractivity contribution in [1.82, 2.24) is 8.75 Å². The van der Waals surface area contributed by atoms with Crippen LogP contribution in [-0.2, 0) is 0 Å². The Morgan fingerprint density at radius 2 is 1.83 bits per heavy atom. The predicted octanol–water partition coefficient (Wildman–Crippen LogP) is 4.11. The number of aromatic nitrogens is 2. The number of hydrogen-bond donors (Lipinski definition) is 1. The Bertz CT molecular complexity index is 1060. The Balaban J connectivity index is 1.76. The lowest BCUT2D eigenvalue weighted by Gasteiger charge is -2.11. The number of methoxy groups -OCH3 is 1. The molecule has 1 aromatic heterocycles. The Hall–Kier alpha value is -2.99. The van der Waals surface area contributed by atoms with Gasteiger partial charge < -0.3 is 10.1 Å². The molecule has 6 heteroatoms. The maximum atomic E-state index is 12.8. The number of hydrogen-bond acceptors (Lipinski definition) is 5. The Morgan fingerprint density at radius 3 is 2.62 bits per heavy atom. The smallest absolute Gasteiger partial charge is 0.259 e. The average Bonchev–Trinajstić information content (AvgIpc) is 3.10. The van der Waals surface area contributed by atoms with Crippen LogP contribution in [0.1, 0.15) is 10.4 Å². The van der Waals surface area contributed by atoms with Crippen molar-refractivity contribution >= 4 is 45.1 Å². The van der Waals surface area contributed by atoms with Crippen molar-refractivity contribution in [1.29, 1.82) is 0 Å². The standard InChI is InChI=1S/C18H13N3O2S/c1-23-16-10-12-6-3-2-5-11(12)9-13(16)18(22)19-14-7-4-8-15-17(14)21-24-20-15/h2-10H,1H3,(H,19,22). The van der Waals surface area contributed by atoms with Gasteiger partial charge in [-0.15, -0.1) is 0 Å². The first-order valence-corrected chi connectivity index (χ1v) is 8.09. The van der Waals surface area contributed by atoms with Crippen LogP contribution in [0.5, 0.6) is 5.75 Å². The first-order valence-electron chi connectivity index (χ1n) is 7.35. The minimum atomic E-state index is -0.238. The molecule has 1 amide bonds. The summed E-state index contributed by atoms with van der Waals surface area (Å²) < 4.78 is 13.8. The fourth-order valence-corrected chi connectivity index (χ4v) is 3.21. The third kappa shape index (κ3) is 2.47. The summed E-state index contributed by atoms with van der Waals surface area (Å²) in [5.41, 5.74) is 2.58. The van der Waals surface area contributed by atoms with Crippen LogP contribution in [0.15, 0.2) is 54.6 Å². The van der Waals surface area contributed by atoms with Crippen LogP contribution in [0.3, 0.4) is 0 Å². The molecule has 4 rings (SSSR count). The molecule has 24 heavy (non-hydrogen) atoms. The maximum absolute atomic E-state index is 12.8. The number of ether oxygens (including phenoxy) is 1. The van der Waals surface area contributed by atoms with Gasteiger partial charge in [0, 0.05) is 0 Å². The summed E-state index contributed by atoms with van der Waals surface area (Å²) in [6.07, 6.45) is 0. The lowest BCUT2D eigenvalue weighted by Crippen LogP contribution is -2.13. The molecule has 5 nitrogen and oxygen atoms in total. The Morgan fingerprint density at radius 1 is 1.04 bits per heavy atom. The Kier molecular flexibility index (Phi) is 3.59. The predicted molar refractivity (Wildman–Crippen MR) is 95.9 cm³/mol. The number of nitrogens with one attached hydrogen (secondary N) is 1. The summed E-state index contributed by atoms with van der Waals surface area (Å²) in [6.45, 7) is 0. The van der Waals surface area contributed by atoms with E-state index in [0.717, 1.165) is 28.0 Å². The van der Waals surface area contributed by atoms with Gasteiger partial charge in [-0.2, -0.15) is 8.75 Å². The number of anilines is 1. The maximum Gasteiger partial charge on any atom is 0.259 e. The third-order valence-electron chi connectivity index (χ3n) is 3.85. The number of rotatable bonds is 3. The molecule has 0 aliphatic carbocycles. The quantitative estimate of drug-likeness (QED) is 0.612. The molecule has 1 N–H and O–H groups in total. The van der Waals surface area contributed by atoms with Crippen LogP contribution >= 0.6 is 11.7 Å². The minimum absolute atomic E-state index is 0.238. The van der Waals surface area contributed by atoms with Gasteiger partial charge in [0.15, 0.2) is 0 Å². The van der Waals surface area contributed by atoms with Crippen molar-refractivity contribution in [3.05, 3.63) is 60.2 Å². The number of carbonyl (C=O) groups is 1. The lowest BCUT2D eigenvalue weighted by atomic mass is 10.1. The zero-order valence-electron chi connectivity index (χ0n) is 12.8. The number of nitrogens with zero attached hydrogens (tertiary/aromatic N) is 2. The highest BCUT2D eigenvalue weighted by molar-refractivity contribution is 7.00. The normalized spacial score (nSPS) is 10.9. The molecule has 0 bridgehead atoms. The molecule has 1 heterocycles. The monoisotopic (exact) mass is 335 g/mol. The van der Waals surface area contributed by atoms with Crippen molar-refractivity contribution < 1.29 is 9.53 Å². The Labute approximate surface area is 142 Å². The van der Waals surface area contributed by atoms with Crippen molar-refractivity contribution in [2.45, 2.75) is 0 Å². The van der Waals surface area contributed by atoms with E-state index < -0.39 is 0 Å². The third-order valence-corrected chi connectivity index (χ3v) is 4.39. The molecule has 118 valence electrons. The van der Waals surface area contributed by atoms with Crippen molar-refractivity contribution in [2.75, 3.05) is 12.4 Å². The van der Waals surface area contributed by atoms with Crippen molar-refractivity contribution in [3.8, 4) is 5.75 Å². The van der Waals surface area contributed by atoms with E-state index in [-0.39, 0.29) is 5.91 Å². The van der Waals surface area contributed by atoms with Gasteiger partial charge in [-0.05, 0) is 35.0 Å². The van der Waals surface area contributed by atoms with Crippen LogP contribution in [0.4, 0.5) is 5.69 Å². The van der Waals surface area contributed by atoms with Crippen LogP contribution < -0.4 is 10.1 Å². The zero-order valence-corrected chi connectivity index (χ0v) is 13.6. The SMILES string of the molecule is COc1cc2ccccc2cc1C(=O)Nc1cccc2nsnc12. The molecule has 0 aliphatic heterocycles. The molecule has 0 fully saturated rings. The van der Waals surface area contributed by atoms with E-state index in [4.69, 9.17) is 4.74 Å². The second-order valence-corrected chi connectivity index (χ2v) is 5.82. The number of benzene rings is 3. The van der Waals surface area contributed by atoms with Gasteiger partial charge in [-0.3, -0.25) is 4.79 Å². The van der Waals surface area contributed by atoms with Crippen LogP contribution in [0, 0.1) is 0 Å². The zero-order chi connectivity index (χ0) is 16.5. The second kappa shape index (κ2) is 5.90. The summed E-state index contributed by atoms with van der Waals surface area (Å²) in [5, 5.41) is 4.92. The van der Waals surface area contributed by atoms with E-state index in [1.807, 2.05) is 54.6 Å².